The van der Waals surface area contributed by atoms with Gasteiger partial charge in [-0.15, -0.1) is 0 Å². The number of ether oxygens (including phenoxy) is 2. The van der Waals surface area contributed by atoms with Gasteiger partial charge in [-0.1, -0.05) is 11.6 Å². The van der Waals surface area contributed by atoms with Gasteiger partial charge >= 0.3 is 0 Å². The lowest BCUT2D eigenvalue weighted by Gasteiger charge is -2.13. The van der Waals surface area contributed by atoms with E-state index in [0.29, 0.717) is 27.8 Å². The molecule has 0 unspecified atom stereocenters. The number of hydrogen-bond acceptors (Lipinski definition) is 4. The molecule has 0 radical (unpaired) electrons. The smallest absolute Gasteiger partial charge is 0.255 e. The second-order valence-electron chi connectivity index (χ2n) is 4.19. The molecule has 0 aromatic heterocycles. The van der Waals surface area contributed by atoms with Crippen molar-refractivity contribution in [1.82, 2.24) is 0 Å². The molecule has 2 aromatic rings. The lowest BCUT2D eigenvalue weighted by Crippen LogP contribution is -2.12. The average molecular weight is 308 g/mol. The summed E-state index contributed by atoms with van der Waals surface area (Å²) in [5.41, 5.74) is 0.848. The zero-order chi connectivity index (χ0) is 15.4. The molecule has 0 fully saturated rings. The fourth-order valence-electron chi connectivity index (χ4n) is 1.77. The van der Waals surface area contributed by atoms with Gasteiger partial charge in [0.25, 0.3) is 5.91 Å². The second kappa shape index (κ2) is 6.37. The molecule has 0 spiro atoms. The minimum atomic E-state index is -0.335. The molecule has 0 aliphatic rings. The number of hydrogen-bond donors (Lipinski definition) is 2. The van der Waals surface area contributed by atoms with Crippen molar-refractivity contribution in [2.45, 2.75) is 0 Å². The van der Waals surface area contributed by atoms with E-state index >= 15 is 0 Å². The third kappa shape index (κ3) is 3.38. The number of carbonyl (C=O) groups excluding carboxylic acids is 1. The molecule has 0 heterocycles. The Hall–Kier alpha value is -2.40. The summed E-state index contributed by atoms with van der Waals surface area (Å²) < 4.78 is 10.3. The van der Waals surface area contributed by atoms with Gasteiger partial charge in [-0.3, -0.25) is 4.79 Å². The van der Waals surface area contributed by atoms with Crippen molar-refractivity contribution in [2.24, 2.45) is 0 Å². The van der Waals surface area contributed by atoms with Gasteiger partial charge in [0.1, 0.15) is 17.2 Å². The Kier molecular flexibility index (Phi) is 4.55. The molecule has 2 aromatic carbocycles. The van der Waals surface area contributed by atoms with Crippen LogP contribution in [0.25, 0.3) is 0 Å². The Morgan fingerprint density at radius 1 is 1.10 bits per heavy atom. The molecule has 110 valence electrons. The molecule has 2 N–H and O–H groups in total. The van der Waals surface area contributed by atoms with Crippen LogP contribution in [0.1, 0.15) is 10.4 Å². The largest absolute Gasteiger partial charge is 0.508 e. The lowest BCUT2D eigenvalue weighted by molar-refractivity contribution is 0.102. The first-order chi connectivity index (χ1) is 10.0. The second-order valence-corrected chi connectivity index (χ2v) is 4.60. The van der Waals surface area contributed by atoms with Crippen LogP contribution in [0.3, 0.4) is 0 Å². The van der Waals surface area contributed by atoms with E-state index in [1.54, 1.807) is 12.1 Å². The summed E-state index contributed by atoms with van der Waals surface area (Å²) in [6, 6.07) is 9.06. The van der Waals surface area contributed by atoms with Gasteiger partial charge in [-0.25, -0.2) is 0 Å². The molecule has 0 atom stereocenters. The lowest BCUT2D eigenvalue weighted by atomic mass is 10.2. The third-order valence-electron chi connectivity index (χ3n) is 2.85. The van der Waals surface area contributed by atoms with Crippen LogP contribution in [0.15, 0.2) is 36.4 Å². The molecule has 0 aliphatic carbocycles. The molecule has 5 nitrogen and oxygen atoms in total. The standard InChI is InChI=1S/C15H14ClNO4/c1-20-13-8-12(14(21-2)7-11(13)16)17-15(19)9-3-5-10(18)6-4-9/h3-8,18H,1-2H3,(H,17,19). The quantitative estimate of drug-likeness (QED) is 0.909. The van der Waals surface area contributed by atoms with Gasteiger partial charge in [0.05, 0.1) is 24.9 Å². The Bertz CT molecular complexity index is 655. The van der Waals surface area contributed by atoms with Crippen LogP contribution in [0.2, 0.25) is 5.02 Å². The van der Waals surface area contributed by atoms with Crippen LogP contribution >= 0.6 is 11.6 Å². The molecular formula is C15H14ClNO4. The normalized spacial score (nSPS) is 10.0. The summed E-state index contributed by atoms with van der Waals surface area (Å²) in [7, 11) is 2.97. The zero-order valence-electron chi connectivity index (χ0n) is 11.5. The minimum absolute atomic E-state index is 0.0947. The maximum Gasteiger partial charge on any atom is 0.255 e. The highest BCUT2D eigenvalue weighted by atomic mass is 35.5. The number of rotatable bonds is 4. The maximum atomic E-state index is 12.2. The number of nitrogens with one attached hydrogen (secondary N) is 1. The first-order valence-corrected chi connectivity index (χ1v) is 6.45. The molecule has 1 amide bonds. The van der Waals surface area contributed by atoms with Crippen molar-refractivity contribution in [3.05, 3.63) is 47.0 Å². The van der Waals surface area contributed by atoms with E-state index in [1.165, 1.54) is 38.5 Å². The summed E-state index contributed by atoms with van der Waals surface area (Å²) in [6.07, 6.45) is 0. The van der Waals surface area contributed by atoms with Gasteiger partial charge in [-0.2, -0.15) is 0 Å². The van der Waals surface area contributed by atoms with E-state index in [9.17, 15) is 9.90 Å². The number of anilines is 1. The molecule has 2 rings (SSSR count). The van der Waals surface area contributed by atoms with Crippen molar-refractivity contribution < 1.29 is 19.4 Å². The van der Waals surface area contributed by atoms with E-state index in [1.807, 2.05) is 0 Å². The number of carbonyl (C=O) groups is 1. The van der Waals surface area contributed by atoms with E-state index in [2.05, 4.69) is 5.32 Å². The Morgan fingerprint density at radius 3 is 2.29 bits per heavy atom. The van der Waals surface area contributed by atoms with Crippen LogP contribution < -0.4 is 14.8 Å². The number of phenolic OH excluding ortho intramolecular Hbond substituents is 1. The number of phenols is 1. The van der Waals surface area contributed by atoms with E-state index in [0.717, 1.165) is 0 Å². The van der Waals surface area contributed by atoms with Gasteiger partial charge in [0.2, 0.25) is 0 Å². The van der Waals surface area contributed by atoms with Crippen molar-refractivity contribution in [1.29, 1.82) is 0 Å². The van der Waals surface area contributed by atoms with Gasteiger partial charge < -0.3 is 19.9 Å². The predicted octanol–water partition coefficient (Wildman–Crippen LogP) is 3.32. The molecule has 21 heavy (non-hydrogen) atoms. The van der Waals surface area contributed by atoms with E-state index in [4.69, 9.17) is 21.1 Å². The topological polar surface area (TPSA) is 67.8 Å². The van der Waals surface area contributed by atoms with Crippen molar-refractivity contribution in [3.8, 4) is 17.2 Å². The molecule has 0 saturated carbocycles. The van der Waals surface area contributed by atoms with Crippen molar-refractivity contribution >= 4 is 23.2 Å². The Balaban J connectivity index is 2.29. The van der Waals surface area contributed by atoms with Crippen molar-refractivity contribution in [3.63, 3.8) is 0 Å². The molecule has 0 saturated heterocycles. The average Bonchev–Trinajstić information content (AvgIpc) is 2.49. The van der Waals surface area contributed by atoms with E-state index in [-0.39, 0.29) is 11.7 Å². The predicted molar refractivity (Wildman–Crippen MR) is 80.6 cm³/mol. The highest BCUT2D eigenvalue weighted by Gasteiger charge is 2.13. The monoisotopic (exact) mass is 307 g/mol. The van der Waals surface area contributed by atoms with Crippen LogP contribution in [-0.2, 0) is 0 Å². The van der Waals surface area contributed by atoms with E-state index < -0.39 is 0 Å². The van der Waals surface area contributed by atoms with Gasteiger partial charge in [-0.05, 0) is 24.3 Å². The Morgan fingerprint density at radius 2 is 1.71 bits per heavy atom. The SMILES string of the molecule is COc1cc(NC(=O)c2ccc(O)cc2)c(OC)cc1Cl. The number of methoxy groups -OCH3 is 2. The highest BCUT2D eigenvalue weighted by Crippen LogP contribution is 2.36. The summed E-state index contributed by atoms with van der Waals surface area (Å²) in [6.45, 7) is 0. The maximum absolute atomic E-state index is 12.2. The van der Waals surface area contributed by atoms with Gasteiger partial charge in [0.15, 0.2) is 0 Å². The first-order valence-electron chi connectivity index (χ1n) is 6.07. The van der Waals surface area contributed by atoms with Crippen LogP contribution in [0.5, 0.6) is 17.2 Å². The number of benzene rings is 2. The van der Waals surface area contributed by atoms with Crippen LogP contribution in [0.4, 0.5) is 5.69 Å². The summed E-state index contributed by atoms with van der Waals surface area (Å²) >= 11 is 6.01. The first kappa shape index (κ1) is 15.0. The third-order valence-corrected chi connectivity index (χ3v) is 3.15. The van der Waals surface area contributed by atoms with Crippen LogP contribution in [-0.4, -0.2) is 25.2 Å². The van der Waals surface area contributed by atoms with Gasteiger partial charge in [0, 0.05) is 17.7 Å². The number of halogens is 1. The summed E-state index contributed by atoms with van der Waals surface area (Å²) in [4.78, 5) is 12.2. The van der Waals surface area contributed by atoms with Crippen molar-refractivity contribution in [2.75, 3.05) is 19.5 Å². The fraction of sp³-hybridized carbons (Fsp3) is 0.133. The zero-order valence-corrected chi connectivity index (χ0v) is 12.3. The summed E-state index contributed by atoms with van der Waals surface area (Å²) in [5, 5.41) is 12.3. The van der Waals surface area contributed by atoms with Crippen LogP contribution in [0, 0.1) is 0 Å². The molecule has 6 heteroatoms. The number of amides is 1. The number of aromatic hydroxyl groups is 1. The Labute approximate surface area is 127 Å². The molecule has 0 bridgehead atoms. The highest BCUT2D eigenvalue weighted by molar-refractivity contribution is 6.32. The molecular weight excluding hydrogens is 294 g/mol. The fourth-order valence-corrected chi connectivity index (χ4v) is 2.00. The minimum Gasteiger partial charge on any atom is -0.508 e. The summed E-state index contributed by atoms with van der Waals surface area (Å²) in [5.74, 6) is 0.612. The molecule has 0 aliphatic heterocycles.